The van der Waals surface area contributed by atoms with Gasteiger partial charge in [-0.2, -0.15) is 0 Å². The molecular weight excluding hydrogens is 265 g/mol. The zero-order valence-electron chi connectivity index (χ0n) is 12.0. The van der Waals surface area contributed by atoms with E-state index >= 15 is 0 Å². The highest BCUT2D eigenvalue weighted by atomic mass is 19.1. The second-order valence-electron chi connectivity index (χ2n) is 5.55. The van der Waals surface area contributed by atoms with Gasteiger partial charge in [0.15, 0.2) is 0 Å². The number of benzene rings is 2. The number of nitrogens with zero attached hydrogens (tertiary/aromatic N) is 1. The summed E-state index contributed by atoms with van der Waals surface area (Å²) in [6.45, 7) is 1.84. The molecule has 0 spiro atoms. The summed E-state index contributed by atoms with van der Waals surface area (Å²) < 4.78 is 13.1. The topological polar surface area (TPSA) is 23.1 Å². The van der Waals surface area contributed by atoms with Crippen LogP contribution in [0.1, 0.15) is 24.8 Å². The monoisotopic (exact) mass is 284 g/mol. The van der Waals surface area contributed by atoms with Crippen molar-refractivity contribution in [3.8, 4) is 11.1 Å². The molecule has 1 fully saturated rings. The molecule has 1 aliphatic heterocycles. The Labute approximate surface area is 124 Å². The van der Waals surface area contributed by atoms with E-state index in [-0.39, 0.29) is 12.4 Å². The summed E-state index contributed by atoms with van der Waals surface area (Å²) in [5, 5.41) is 11.2. The van der Waals surface area contributed by atoms with Crippen LogP contribution in [-0.4, -0.2) is 13.1 Å². The summed E-state index contributed by atoms with van der Waals surface area (Å²) in [6, 6.07) is 12.4. The molecule has 2 nitrogen and oxygen atoms in total. The number of hydrogen-bond acceptors (Lipinski definition) is 1. The highest BCUT2D eigenvalue weighted by molar-refractivity contribution is 5.79. The maximum absolute atomic E-state index is 13.1. The predicted octanol–water partition coefficient (Wildman–Crippen LogP) is 4.41. The molecule has 21 heavy (non-hydrogen) atoms. The lowest BCUT2D eigenvalue weighted by atomic mass is 9.99. The molecule has 0 amide bonds. The quantitative estimate of drug-likeness (QED) is 0.818. The summed E-state index contributed by atoms with van der Waals surface area (Å²) in [7, 11) is 0. The van der Waals surface area contributed by atoms with Gasteiger partial charge in [-0.15, -0.1) is 0 Å². The van der Waals surface area contributed by atoms with E-state index in [1.807, 2.05) is 18.2 Å². The number of anilines is 1. The predicted molar refractivity (Wildman–Crippen MR) is 82.3 cm³/mol. The minimum atomic E-state index is -0.227. The highest BCUT2D eigenvalue weighted by Crippen LogP contribution is 2.33. The molecule has 0 atom stereocenters. The molecule has 0 aliphatic carbocycles. The molecule has 3 rings (SSSR count). The van der Waals surface area contributed by atoms with Gasteiger partial charge in [-0.1, -0.05) is 24.3 Å². The number of piperidine rings is 1. The molecule has 1 aliphatic rings. The van der Waals surface area contributed by atoms with Crippen LogP contribution in [0.25, 0.3) is 11.1 Å². The van der Waals surface area contributed by atoms with Gasteiger partial charge < -0.3 is 4.90 Å². The van der Waals surface area contributed by atoms with Gasteiger partial charge in [0.05, 0.1) is 0 Å². The van der Waals surface area contributed by atoms with Gasteiger partial charge in [-0.25, -0.2) is 9.50 Å². The Kier molecular flexibility index (Phi) is 4.20. The Morgan fingerprint density at radius 3 is 2.33 bits per heavy atom. The molecule has 0 bridgehead atoms. The SMILES string of the molecule is [O]Cc1ccc(-c2ccc(F)cc2)c(N2CCCCC2)c1. The van der Waals surface area contributed by atoms with Gasteiger partial charge in [0, 0.05) is 24.3 Å². The van der Waals surface area contributed by atoms with E-state index in [9.17, 15) is 9.50 Å². The van der Waals surface area contributed by atoms with E-state index in [0.717, 1.165) is 35.5 Å². The fourth-order valence-corrected chi connectivity index (χ4v) is 2.94. The van der Waals surface area contributed by atoms with Gasteiger partial charge in [0.25, 0.3) is 0 Å². The first kappa shape index (κ1) is 14.1. The highest BCUT2D eigenvalue weighted by Gasteiger charge is 2.16. The molecule has 3 heteroatoms. The van der Waals surface area contributed by atoms with Crippen molar-refractivity contribution in [1.29, 1.82) is 0 Å². The molecule has 0 N–H and O–H groups in total. The Morgan fingerprint density at radius 2 is 1.67 bits per heavy atom. The summed E-state index contributed by atoms with van der Waals surface area (Å²) in [6.07, 6.45) is 3.64. The van der Waals surface area contributed by atoms with E-state index in [2.05, 4.69) is 4.90 Å². The van der Waals surface area contributed by atoms with Gasteiger partial charge in [-0.3, -0.25) is 0 Å². The van der Waals surface area contributed by atoms with Crippen molar-refractivity contribution in [2.75, 3.05) is 18.0 Å². The summed E-state index contributed by atoms with van der Waals surface area (Å²) in [5.74, 6) is -0.227. The van der Waals surface area contributed by atoms with Crippen LogP contribution >= 0.6 is 0 Å². The van der Waals surface area contributed by atoms with E-state index in [0.29, 0.717) is 0 Å². The molecule has 109 valence electrons. The van der Waals surface area contributed by atoms with Crippen molar-refractivity contribution < 1.29 is 9.50 Å². The Balaban J connectivity index is 2.03. The minimum Gasteiger partial charge on any atom is -0.371 e. The van der Waals surface area contributed by atoms with Crippen LogP contribution in [0, 0.1) is 5.82 Å². The lowest BCUT2D eigenvalue weighted by Gasteiger charge is -2.31. The largest absolute Gasteiger partial charge is 0.371 e. The van der Waals surface area contributed by atoms with Gasteiger partial charge >= 0.3 is 0 Å². The lowest BCUT2D eigenvalue weighted by molar-refractivity contribution is 0.177. The minimum absolute atomic E-state index is 0.204. The lowest BCUT2D eigenvalue weighted by Crippen LogP contribution is -2.29. The summed E-state index contributed by atoms with van der Waals surface area (Å²) in [4.78, 5) is 2.35. The third-order valence-corrected chi connectivity index (χ3v) is 4.08. The fourth-order valence-electron chi connectivity index (χ4n) is 2.94. The van der Waals surface area contributed by atoms with E-state index in [1.54, 1.807) is 12.1 Å². The van der Waals surface area contributed by atoms with Crippen LogP contribution in [0.4, 0.5) is 10.1 Å². The zero-order valence-corrected chi connectivity index (χ0v) is 12.0. The molecule has 1 saturated heterocycles. The first-order valence-corrected chi connectivity index (χ1v) is 7.50. The molecule has 0 saturated carbocycles. The van der Waals surface area contributed by atoms with E-state index < -0.39 is 0 Å². The average Bonchev–Trinajstić information content (AvgIpc) is 2.56. The number of rotatable bonds is 3. The van der Waals surface area contributed by atoms with Crippen LogP contribution in [0.3, 0.4) is 0 Å². The summed E-state index contributed by atoms with van der Waals surface area (Å²) in [5.41, 5.74) is 3.99. The normalized spacial score (nSPS) is 15.2. The third-order valence-electron chi connectivity index (χ3n) is 4.08. The first-order valence-electron chi connectivity index (χ1n) is 7.50. The van der Waals surface area contributed by atoms with Crippen molar-refractivity contribution in [2.24, 2.45) is 0 Å². The van der Waals surface area contributed by atoms with Crippen LogP contribution in [-0.2, 0) is 11.7 Å². The van der Waals surface area contributed by atoms with E-state index in [1.165, 1.54) is 31.4 Å². The molecule has 0 aromatic heterocycles. The van der Waals surface area contributed by atoms with Gasteiger partial charge in [0.1, 0.15) is 12.4 Å². The standard InChI is InChI=1S/C18H19FNO/c19-16-7-5-15(6-8-16)17-9-4-14(13-21)12-18(17)20-10-2-1-3-11-20/h4-9,12H,1-3,10-11,13H2. The molecule has 1 heterocycles. The number of halogens is 1. The summed E-state index contributed by atoms with van der Waals surface area (Å²) >= 11 is 0. The van der Waals surface area contributed by atoms with Crippen LogP contribution in [0.2, 0.25) is 0 Å². The van der Waals surface area contributed by atoms with Crippen molar-refractivity contribution in [3.63, 3.8) is 0 Å². The van der Waals surface area contributed by atoms with Crippen LogP contribution < -0.4 is 4.90 Å². The Hall–Kier alpha value is -1.87. The van der Waals surface area contributed by atoms with Crippen molar-refractivity contribution in [1.82, 2.24) is 0 Å². The maximum Gasteiger partial charge on any atom is 0.123 e. The molecule has 2 aromatic rings. The molecule has 1 radical (unpaired) electrons. The Morgan fingerprint density at radius 1 is 0.952 bits per heavy atom. The molecule has 2 aromatic carbocycles. The third kappa shape index (κ3) is 3.08. The van der Waals surface area contributed by atoms with Crippen molar-refractivity contribution in [2.45, 2.75) is 25.9 Å². The smallest absolute Gasteiger partial charge is 0.123 e. The first-order chi connectivity index (χ1) is 10.3. The van der Waals surface area contributed by atoms with E-state index in [4.69, 9.17) is 0 Å². The van der Waals surface area contributed by atoms with Crippen LogP contribution in [0.5, 0.6) is 0 Å². The second kappa shape index (κ2) is 6.27. The molecule has 0 unspecified atom stereocenters. The fraction of sp³-hybridized carbons (Fsp3) is 0.333. The zero-order chi connectivity index (χ0) is 14.7. The van der Waals surface area contributed by atoms with Crippen molar-refractivity contribution in [3.05, 3.63) is 53.8 Å². The second-order valence-corrected chi connectivity index (χ2v) is 5.55. The maximum atomic E-state index is 13.1. The molecular formula is C18H19FNO. The Bertz CT molecular complexity index is 603. The van der Waals surface area contributed by atoms with Gasteiger partial charge in [0.2, 0.25) is 0 Å². The van der Waals surface area contributed by atoms with Gasteiger partial charge in [-0.05, 0) is 48.6 Å². The van der Waals surface area contributed by atoms with Crippen LogP contribution in [0.15, 0.2) is 42.5 Å². The van der Waals surface area contributed by atoms with Crippen molar-refractivity contribution >= 4 is 5.69 Å². The average molecular weight is 284 g/mol. The number of hydrogen-bond donors (Lipinski definition) is 0.